The Kier molecular flexibility index (Phi) is 6.05. The Morgan fingerprint density at radius 1 is 1.62 bits per heavy atom. The topological polar surface area (TPSA) is 29.1 Å². The van der Waals surface area contributed by atoms with Gasteiger partial charge in [-0.05, 0) is 26.5 Å². The van der Waals surface area contributed by atoms with E-state index in [0.29, 0.717) is 6.04 Å². The van der Waals surface area contributed by atoms with Crippen LogP contribution in [0.2, 0.25) is 0 Å². The van der Waals surface area contributed by atoms with Crippen molar-refractivity contribution in [2.45, 2.75) is 37.6 Å². The van der Waals surface area contributed by atoms with Crippen molar-refractivity contribution in [3.05, 3.63) is 0 Å². The summed E-state index contributed by atoms with van der Waals surface area (Å²) in [6.45, 7) is 5.80. The van der Waals surface area contributed by atoms with Gasteiger partial charge in [0.05, 0.1) is 4.32 Å². The van der Waals surface area contributed by atoms with Gasteiger partial charge in [0.15, 0.2) is 0 Å². The molecule has 0 rings (SSSR count). The largest absolute Gasteiger partial charge is 0.351 e. The summed E-state index contributed by atoms with van der Waals surface area (Å²) in [4.78, 5) is 11.5. The number of nitrogens with one attached hydrogen (secondary N) is 1. The molecule has 0 saturated heterocycles. The summed E-state index contributed by atoms with van der Waals surface area (Å²) in [5.74, 6) is 1.04. The van der Waals surface area contributed by atoms with Crippen LogP contribution in [-0.4, -0.2) is 28.3 Å². The second-order valence-electron chi connectivity index (χ2n) is 3.51. The van der Waals surface area contributed by atoms with Gasteiger partial charge in [-0.2, -0.15) is 11.8 Å². The smallest absolute Gasteiger partial charge is 0.236 e. The van der Waals surface area contributed by atoms with Crippen molar-refractivity contribution in [3.8, 4) is 0 Å². The summed E-state index contributed by atoms with van der Waals surface area (Å²) in [6, 6.07) is 0.291. The van der Waals surface area contributed by atoms with E-state index in [9.17, 15) is 4.79 Å². The van der Waals surface area contributed by atoms with Gasteiger partial charge in [-0.1, -0.05) is 22.9 Å². The first kappa shape index (κ1) is 13.3. The van der Waals surface area contributed by atoms with E-state index in [1.807, 2.05) is 20.1 Å². The Bertz CT molecular complexity index is 167. The van der Waals surface area contributed by atoms with Crippen molar-refractivity contribution in [3.63, 3.8) is 0 Å². The number of hydrogen-bond donors (Lipinski definition) is 1. The molecule has 0 heterocycles. The summed E-state index contributed by atoms with van der Waals surface area (Å²) in [6.07, 6.45) is 3.03. The normalized spacial score (nSPS) is 13.9. The van der Waals surface area contributed by atoms with Crippen molar-refractivity contribution in [2.75, 3.05) is 12.0 Å². The number of amides is 1. The van der Waals surface area contributed by atoms with Gasteiger partial charge in [0.25, 0.3) is 0 Å². The van der Waals surface area contributed by atoms with Crippen molar-refractivity contribution >= 4 is 33.6 Å². The van der Waals surface area contributed by atoms with Crippen LogP contribution in [0.3, 0.4) is 0 Å². The summed E-state index contributed by atoms with van der Waals surface area (Å²) in [7, 11) is 0. The number of rotatable bonds is 5. The summed E-state index contributed by atoms with van der Waals surface area (Å²) in [5.41, 5.74) is 0. The van der Waals surface area contributed by atoms with Crippen LogP contribution in [0.4, 0.5) is 0 Å². The maximum Gasteiger partial charge on any atom is 0.236 e. The third-order valence-corrected chi connectivity index (χ3v) is 2.83. The first-order valence-electron chi connectivity index (χ1n) is 4.40. The standard InChI is InChI=1S/C9H18BrNOS/c1-5-7(6-13-4)11-8(12)9(2,3)10/h7H,5-6H2,1-4H3,(H,11,12). The van der Waals surface area contributed by atoms with Gasteiger partial charge >= 0.3 is 0 Å². The zero-order valence-corrected chi connectivity index (χ0v) is 11.1. The highest BCUT2D eigenvalue weighted by molar-refractivity contribution is 9.10. The first-order valence-corrected chi connectivity index (χ1v) is 6.59. The van der Waals surface area contributed by atoms with Crippen LogP contribution < -0.4 is 5.32 Å². The molecule has 0 bridgehead atoms. The van der Waals surface area contributed by atoms with Gasteiger partial charge in [-0.3, -0.25) is 4.79 Å². The van der Waals surface area contributed by atoms with Crippen LogP contribution in [0.1, 0.15) is 27.2 Å². The average molecular weight is 268 g/mol. The number of alkyl halides is 1. The van der Waals surface area contributed by atoms with Crippen LogP contribution in [0, 0.1) is 0 Å². The van der Waals surface area contributed by atoms with Crippen LogP contribution in [0.5, 0.6) is 0 Å². The van der Waals surface area contributed by atoms with E-state index in [1.54, 1.807) is 11.8 Å². The molecule has 0 aliphatic heterocycles. The van der Waals surface area contributed by atoms with Crippen LogP contribution in [-0.2, 0) is 4.79 Å². The molecule has 1 amide bonds. The lowest BCUT2D eigenvalue weighted by molar-refractivity contribution is -0.123. The fourth-order valence-corrected chi connectivity index (χ4v) is 1.66. The molecule has 0 aromatic carbocycles. The average Bonchev–Trinajstić information content (AvgIpc) is 2.01. The molecule has 0 saturated carbocycles. The predicted molar refractivity (Wildman–Crippen MR) is 63.6 cm³/mol. The van der Waals surface area contributed by atoms with Gasteiger partial charge in [-0.15, -0.1) is 0 Å². The maximum absolute atomic E-state index is 11.5. The molecular formula is C9H18BrNOS. The van der Waals surface area contributed by atoms with E-state index < -0.39 is 4.32 Å². The number of carbonyl (C=O) groups excluding carboxylic acids is 1. The van der Waals surface area contributed by atoms with Crippen molar-refractivity contribution < 1.29 is 4.79 Å². The molecule has 1 N–H and O–H groups in total. The first-order chi connectivity index (χ1) is 5.91. The molecule has 0 aliphatic rings. The van der Waals surface area contributed by atoms with Gasteiger partial charge < -0.3 is 5.32 Å². The highest BCUT2D eigenvalue weighted by Gasteiger charge is 2.25. The molecule has 2 nitrogen and oxygen atoms in total. The third-order valence-electron chi connectivity index (χ3n) is 1.74. The van der Waals surface area contributed by atoms with E-state index in [1.165, 1.54) is 0 Å². The Morgan fingerprint density at radius 3 is 2.46 bits per heavy atom. The summed E-state index contributed by atoms with van der Waals surface area (Å²) in [5, 5.41) is 3.00. The van der Waals surface area contributed by atoms with Crippen molar-refractivity contribution in [2.24, 2.45) is 0 Å². The highest BCUT2D eigenvalue weighted by Crippen LogP contribution is 2.16. The Hall–Kier alpha value is 0.300. The number of hydrogen-bond acceptors (Lipinski definition) is 2. The quantitative estimate of drug-likeness (QED) is 0.776. The molecule has 0 aromatic heterocycles. The fraction of sp³-hybridized carbons (Fsp3) is 0.889. The fourth-order valence-electron chi connectivity index (χ4n) is 0.820. The lowest BCUT2D eigenvalue weighted by Crippen LogP contribution is -2.44. The summed E-state index contributed by atoms with van der Waals surface area (Å²) >= 11 is 5.09. The Labute approximate surface area is 93.4 Å². The van der Waals surface area contributed by atoms with E-state index >= 15 is 0 Å². The Balaban J connectivity index is 4.01. The minimum Gasteiger partial charge on any atom is -0.351 e. The zero-order chi connectivity index (χ0) is 10.5. The second-order valence-corrected chi connectivity index (χ2v) is 6.40. The van der Waals surface area contributed by atoms with E-state index in [2.05, 4.69) is 28.2 Å². The second kappa shape index (κ2) is 5.91. The molecule has 0 aromatic rings. The van der Waals surface area contributed by atoms with Crippen molar-refractivity contribution in [1.82, 2.24) is 5.32 Å². The van der Waals surface area contributed by atoms with Gasteiger partial charge in [-0.25, -0.2) is 0 Å². The van der Waals surface area contributed by atoms with Crippen molar-refractivity contribution in [1.29, 1.82) is 0 Å². The SMILES string of the molecule is CCC(CSC)NC(=O)C(C)(C)Br. The lowest BCUT2D eigenvalue weighted by atomic mass is 10.1. The molecule has 1 unspecified atom stereocenters. The monoisotopic (exact) mass is 267 g/mol. The third kappa shape index (κ3) is 5.57. The Morgan fingerprint density at radius 2 is 2.15 bits per heavy atom. The van der Waals surface area contributed by atoms with Gasteiger partial charge in [0.2, 0.25) is 5.91 Å². The molecule has 4 heteroatoms. The molecule has 13 heavy (non-hydrogen) atoms. The predicted octanol–water partition coefficient (Wildman–Crippen LogP) is 2.42. The summed E-state index contributed by atoms with van der Waals surface area (Å²) < 4.78 is -0.459. The van der Waals surface area contributed by atoms with Crippen LogP contribution in [0.15, 0.2) is 0 Å². The van der Waals surface area contributed by atoms with Crippen LogP contribution in [0.25, 0.3) is 0 Å². The molecular weight excluding hydrogens is 250 g/mol. The minimum atomic E-state index is -0.459. The number of thioether (sulfide) groups is 1. The number of carbonyl (C=O) groups is 1. The van der Waals surface area contributed by atoms with E-state index in [0.717, 1.165) is 12.2 Å². The van der Waals surface area contributed by atoms with Crippen LogP contribution >= 0.6 is 27.7 Å². The lowest BCUT2D eigenvalue weighted by Gasteiger charge is -2.21. The highest BCUT2D eigenvalue weighted by atomic mass is 79.9. The minimum absolute atomic E-state index is 0.0633. The van der Waals surface area contributed by atoms with E-state index in [-0.39, 0.29) is 5.91 Å². The molecule has 78 valence electrons. The maximum atomic E-state index is 11.5. The molecule has 0 spiro atoms. The van der Waals surface area contributed by atoms with Gasteiger partial charge in [0, 0.05) is 11.8 Å². The van der Waals surface area contributed by atoms with Gasteiger partial charge in [0.1, 0.15) is 0 Å². The zero-order valence-electron chi connectivity index (χ0n) is 8.69. The molecule has 0 fully saturated rings. The molecule has 0 aliphatic carbocycles. The van der Waals surface area contributed by atoms with E-state index in [4.69, 9.17) is 0 Å². The number of halogens is 1. The molecule has 1 atom stereocenters. The molecule has 0 radical (unpaired) electrons.